The number of oxazole rings is 1. The van der Waals surface area contributed by atoms with Gasteiger partial charge in [-0.15, -0.1) is 0 Å². The van der Waals surface area contributed by atoms with Gasteiger partial charge in [-0.25, -0.2) is 4.98 Å². The number of hydrogen-bond donors (Lipinski definition) is 1. The van der Waals surface area contributed by atoms with Crippen LogP contribution in [-0.4, -0.2) is 16.3 Å². The molecule has 0 aliphatic rings. The summed E-state index contributed by atoms with van der Waals surface area (Å²) in [5, 5.41) is 9.75. The molecule has 2 aromatic carbocycles. The molecule has 0 aliphatic carbocycles. The Morgan fingerprint density at radius 3 is 2.32 bits per heavy atom. The molecule has 0 spiro atoms. The van der Waals surface area contributed by atoms with Gasteiger partial charge in [0.05, 0.1) is 11.9 Å². The zero-order chi connectivity index (χ0) is 15.2. The zero-order valence-corrected chi connectivity index (χ0v) is 11.8. The Labute approximate surface area is 128 Å². The molecule has 22 heavy (non-hydrogen) atoms. The second-order valence-corrected chi connectivity index (χ2v) is 4.58. The van der Waals surface area contributed by atoms with Gasteiger partial charge in [-0.05, 0) is 23.8 Å². The molecule has 1 aromatic heterocycles. The summed E-state index contributed by atoms with van der Waals surface area (Å²) in [6.07, 6.45) is 5.05. The van der Waals surface area contributed by atoms with Crippen molar-refractivity contribution in [2.45, 2.75) is 0 Å². The first-order chi connectivity index (χ1) is 10.8. The fourth-order valence-corrected chi connectivity index (χ4v) is 1.88. The van der Waals surface area contributed by atoms with Gasteiger partial charge in [0, 0.05) is 6.08 Å². The Balaban J connectivity index is 1.76. The van der Waals surface area contributed by atoms with E-state index in [1.54, 1.807) is 6.08 Å². The van der Waals surface area contributed by atoms with Gasteiger partial charge in [0.15, 0.2) is 5.69 Å². The van der Waals surface area contributed by atoms with Crippen LogP contribution in [0.5, 0.6) is 5.95 Å². The van der Waals surface area contributed by atoms with Gasteiger partial charge < -0.3 is 9.52 Å². The fourth-order valence-electron chi connectivity index (χ4n) is 1.88. The summed E-state index contributed by atoms with van der Waals surface area (Å²) in [5.41, 5.74) is 2.11. The predicted octanol–water partition coefficient (Wildman–Crippen LogP) is 4.30. The number of rotatable bonds is 4. The van der Waals surface area contributed by atoms with E-state index < -0.39 is 0 Å². The molecule has 4 heteroatoms. The second kappa shape index (κ2) is 6.54. The third-order valence-electron chi connectivity index (χ3n) is 2.96. The molecule has 0 atom stereocenters. The average molecular weight is 290 g/mol. The molecule has 1 heterocycles. The molecule has 4 nitrogen and oxygen atoms in total. The van der Waals surface area contributed by atoms with Crippen molar-refractivity contribution in [3.8, 4) is 5.95 Å². The third kappa shape index (κ3) is 3.49. The summed E-state index contributed by atoms with van der Waals surface area (Å²) in [7, 11) is 0. The van der Waals surface area contributed by atoms with E-state index in [0.717, 1.165) is 11.3 Å². The van der Waals surface area contributed by atoms with Crippen LogP contribution in [0, 0.1) is 0 Å². The lowest BCUT2D eigenvalue weighted by atomic mass is 10.2. The van der Waals surface area contributed by atoms with Gasteiger partial charge in [0.1, 0.15) is 0 Å². The maximum atomic E-state index is 9.75. The van der Waals surface area contributed by atoms with Crippen molar-refractivity contribution >= 4 is 24.1 Å². The molecule has 0 fully saturated rings. The number of hydrogen-bond acceptors (Lipinski definition) is 4. The van der Waals surface area contributed by atoms with E-state index in [-0.39, 0.29) is 5.95 Å². The Morgan fingerprint density at radius 2 is 1.59 bits per heavy atom. The molecular weight excluding hydrogens is 276 g/mol. The molecular formula is C18H14N2O2. The number of nitrogens with zero attached hydrogens (tertiary/aromatic N) is 2. The van der Waals surface area contributed by atoms with Crippen LogP contribution in [0.25, 0.3) is 12.2 Å². The summed E-state index contributed by atoms with van der Waals surface area (Å²) < 4.78 is 5.19. The molecule has 0 bridgehead atoms. The van der Waals surface area contributed by atoms with Crippen LogP contribution < -0.4 is 0 Å². The van der Waals surface area contributed by atoms with Crippen molar-refractivity contribution in [2.75, 3.05) is 0 Å². The summed E-state index contributed by atoms with van der Waals surface area (Å²) >= 11 is 0. The van der Waals surface area contributed by atoms with Gasteiger partial charge in [-0.1, -0.05) is 48.5 Å². The van der Waals surface area contributed by atoms with Crippen molar-refractivity contribution in [1.29, 1.82) is 0 Å². The number of aromatic nitrogens is 1. The summed E-state index contributed by atoms with van der Waals surface area (Å²) in [6, 6.07) is 19.2. The highest BCUT2D eigenvalue weighted by Gasteiger charge is 2.07. The van der Waals surface area contributed by atoms with Crippen LogP contribution in [0.15, 0.2) is 70.1 Å². The third-order valence-corrected chi connectivity index (χ3v) is 2.96. The Kier molecular flexibility index (Phi) is 4.11. The van der Waals surface area contributed by atoms with Gasteiger partial charge in [-0.3, -0.25) is 4.99 Å². The highest BCUT2D eigenvalue weighted by Crippen LogP contribution is 2.19. The molecule has 0 saturated heterocycles. The van der Waals surface area contributed by atoms with E-state index in [2.05, 4.69) is 9.98 Å². The molecule has 0 unspecified atom stereocenters. The first kappa shape index (κ1) is 13.8. The lowest BCUT2D eigenvalue weighted by Crippen LogP contribution is -1.81. The highest BCUT2D eigenvalue weighted by molar-refractivity contribution is 5.82. The minimum atomic E-state index is -0.243. The molecule has 3 rings (SSSR count). The zero-order valence-electron chi connectivity index (χ0n) is 11.8. The Morgan fingerprint density at radius 1 is 0.909 bits per heavy atom. The minimum Gasteiger partial charge on any atom is -0.479 e. The summed E-state index contributed by atoms with van der Waals surface area (Å²) in [5.74, 6) is 0.0863. The van der Waals surface area contributed by atoms with Gasteiger partial charge >= 0.3 is 5.95 Å². The first-order valence-corrected chi connectivity index (χ1v) is 6.83. The maximum Gasteiger partial charge on any atom is 0.312 e. The molecule has 0 aliphatic heterocycles. The first-order valence-electron chi connectivity index (χ1n) is 6.83. The Bertz CT molecular complexity index is 790. The van der Waals surface area contributed by atoms with E-state index in [4.69, 9.17) is 4.42 Å². The quantitative estimate of drug-likeness (QED) is 0.729. The van der Waals surface area contributed by atoms with E-state index in [0.29, 0.717) is 11.6 Å². The number of aliphatic imine (C=N–C) groups is 1. The smallest absolute Gasteiger partial charge is 0.312 e. The van der Waals surface area contributed by atoms with Gasteiger partial charge in [0.2, 0.25) is 5.89 Å². The normalized spacial score (nSPS) is 11.5. The summed E-state index contributed by atoms with van der Waals surface area (Å²) in [4.78, 5) is 8.42. The van der Waals surface area contributed by atoms with Crippen molar-refractivity contribution < 1.29 is 9.52 Å². The van der Waals surface area contributed by atoms with Crippen LogP contribution in [-0.2, 0) is 0 Å². The lowest BCUT2D eigenvalue weighted by Gasteiger charge is -1.89. The molecule has 1 N–H and O–H groups in total. The van der Waals surface area contributed by atoms with Crippen molar-refractivity contribution in [3.63, 3.8) is 0 Å². The largest absolute Gasteiger partial charge is 0.479 e. The Hall–Kier alpha value is -3.14. The molecule has 3 aromatic rings. The SMILES string of the molecule is Oc1oc(C=Cc2ccccc2)nc1C=Nc1ccccc1. The van der Waals surface area contributed by atoms with E-state index in [1.807, 2.05) is 66.7 Å². The van der Waals surface area contributed by atoms with Gasteiger partial charge in [-0.2, -0.15) is 0 Å². The predicted molar refractivity (Wildman–Crippen MR) is 87.2 cm³/mol. The van der Waals surface area contributed by atoms with Crippen LogP contribution >= 0.6 is 0 Å². The van der Waals surface area contributed by atoms with Crippen LogP contribution in [0.3, 0.4) is 0 Å². The van der Waals surface area contributed by atoms with Crippen molar-refractivity contribution in [2.24, 2.45) is 4.99 Å². The minimum absolute atomic E-state index is 0.243. The molecule has 108 valence electrons. The van der Waals surface area contributed by atoms with Crippen LogP contribution in [0.1, 0.15) is 17.1 Å². The van der Waals surface area contributed by atoms with Crippen molar-refractivity contribution in [1.82, 2.24) is 4.98 Å². The number of para-hydroxylation sites is 1. The molecule has 0 amide bonds. The highest BCUT2D eigenvalue weighted by atomic mass is 16.5. The van der Waals surface area contributed by atoms with Crippen molar-refractivity contribution in [3.05, 3.63) is 77.8 Å². The summed E-state index contributed by atoms with van der Waals surface area (Å²) in [6.45, 7) is 0. The van der Waals surface area contributed by atoms with Crippen LogP contribution in [0.4, 0.5) is 5.69 Å². The monoisotopic (exact) mass is 290 g/mol. The van der Waals surface area contributed by atoms with Gasteiger partial charge in [0.25, 0.3) is 0 Å². The second-order valence-electron chi connectivity index (χ2n) is 4.58. The lowest BCUT2D eigenvalue weighted by molar-refractivity contribution is 0.329. The van der Waals surface area contributed by atoms with E-state index >= 15 is 0 Å². The average Bonchev–Trinajstić information content (AvgIpc) is 2.93. The van der Waals surface area contributed by atoms with E-state index in [9.17, 15) is 5.11 Å². The molecule has 0 radical (unpaired) electrons. The van der Waals surface area contributed by atoms with Crippen LogP contribution in [0.2, 0.25) is 0 Å². The topological polar surface area (TPSA) is 58.6 Å². The van der Waals surface area contributed by atoms with E-state index in [1.165, 1.54) is 6.21 Å². The fraction of sp³-hybridized carbons (Fsp3) is 0. The molecule has 0 saturated carbocycles. The standard InChI is InChI=1S/C18H14N2O2/c21-18-16(13-19-15-9-5-2-6-10-15)20-17(22-18)12-11-14-7-3-1-4-8-14/h1-13,21H. The number of aromatic hydroxyl groups is 1. The maximum absolute atomic E-state index is 9.75. The number of benzene rings is 2.